The van der Waals surface area contributed by atoms with E-state index in [0.717, 1.165) is 18.2 Å². The number of carbonyl (C=O) groups excluding carboxylic acids is 2. The topological polar surface area (TPSA) is 81.4 Å². The summed E-state index contributed by atoms with van der Waals surface area (Å²) in [7, 11) is 0. The lowest BCUT2D eigenvalue weighted by molar-refractivity contribution is -0.154. The van der Waals surface area contributed by atoms with Crippen molar-refractivity contribution in [3.05, 3.63) is 30.0 Å². The Kier molecular flexibility index (Phi) is 5.59. The van der Waals surface area contributed by atoms with Crippen LogP contribution in [0.5, 0.6) is 0 Å². The molecule has 0 spiro atoms. The Morgan fingerprint density at radius 1 is 1.31 bits per heavy atom. The van der Waals surface area contributed by atoms with E-state index in [9.17, 15) is 9.59 Å². The number of ether oxygens (including phenoxy) is 1. The van der Waals surface area contributed by atoms with E-state index in [1.54, 1.807) is 13.0 Å². The number of fused-ring (bicyclic) bond motifs is 1. The summed E-state index contributed by atoms with van der Waals surface area (Å²) in [6.45, 7) is 5.99. The molecule has 1 aromatic heterocycles. The lowest BCUT2D eigenvalue weighted by Crippen LogP contribution is -2.47. The fraction of sp³-hybridized carbons (Fsp3) is 0.550. The van der Waals surface area contributed by atoms with Crippen LogP contribution < -0.4 is 5.32 Å². The Morgan fingerprint density at radius 3 is 2.88 bits per heavy atom. The molecule has 1 heterocycles. The lowest BCUT2D eigenvalue weighted by Gasteiger charge is -2.35. The van der Waals surface area contributed by atoms with E-state index in [-0.39, 0.29) is 18.4 Å². The number of hydrogen-bond acceptors (Lipinski definition) is 5. The van der Waals surface area contributed by atoms with Crippen molar-refractivity contribution in [3.63, 3.8) is 0 Å². The molecule has 26 heavy (non-hydrogen) atoms. The molecule has 1 amide bonds. The highest BCUT2D eigenvalue weighted by atomic mass is 16.5. The summed E-state index contributed by atoms with van der Waals surface area (Å²) in [6.07, 6.45) is 2.44. The summed E-state index contributed by atoms with van der Waals surface area (Å²) >= 11 is 0. The van der Waals surface area contributed by atoms with Gasteiger partial charge in [-0.15, -0.1) is 0 Å². The first kappa shape index (κ1) is 18.4. The predicted octanol–water partition coefficient (Wildman–Crippen LogP) is 3.24. The van der Waals surface area contributed by atoms with Gasteiger partial charge in [0.15, 0.2) is 11.7 Å². The average molecular weight is 358 g/mol. The number of hydrogen-bond donors (Lipinski definition) is 1. The summed E-state index contributed by atoms with van der Waals surface area (Å²) in [4.78, 5) is 24.6. The minimum atomic E-state index is -0.829. The molecule has 1 aliphatic carbocycles. The molecule has 0 unspecified atom stereocenters. The molecule has 0 saturated heterocycles. The van der Waals surface area contributed by atoms with Crippen molar-refractivity contribution in [1.82, 2.24) is 10.5 Å². The predicted molar refractivity (Wildman–Crippen MR) is 97.4 cm³/mol. The largest absolute Gasteiger partial charge is 0.452 e. The maximum atomic E-state index is 12.4. The number of carbonyl (C=O) groups is 2. The van der Waals surface area contributed by atoms with Gasteiger partial charge >= 0.3 is 5.97 Å². The quantitative estimate of drug-likeness (QED) is 0.830. The van der Waals surface area contributed by atoms with Crippen LogP contribution in [0.3, 0.4) is 0 Å². The zero-order valence-electron chi connectivity index (χ0n) is 15.5. The molecule has 6 heteroatoms. The molecule has 0 aliphatic heterocycles. The molecule has 0 radical (unpaired) electrons. The number of nitrogens with one attached hydrogen (secondary N) is 1. The van der Waals surface area contributed by atoms with Crippen molar-refractivity contribution in [2.75, 3.05) is 0 Å². The molecule has 1 fully saturated rings. The Balaban J connectivity index is 1.54. The number of para-hydroxylation sites is 1. The number of nitrogens with zero attached hydrogens (tertiary/aromatic N) is 1. The number of esters is 1. The lowest BCUT2D eigenvalue weighted by atomic mass is 9.78. The Bertz CT molecular complexity index is 785. The van der Waals surface area contributed by atoms with E-state index in [1.165, 1.54) is 6.42 Å². The molecule has 4 atom stereocenters. The van der Waals surface area contributed by atoms with Crippen molar-refractivity contribution in [2.24, 2.45) is 11.8 Å². The highest BCUT2D eigenvalue weighted by Crippen LogP contribution is 2.29. The third kappa shape index (κ3) is 4.06. The first-order valence-corrected chi connectivity index (χ1v) is 9.29. The van der Waals surface area contributed by atoms with Gasteiger partial charge in [-0.05, 0) is 37.3 Å². The van der Waals surface area contributed by atoms with Crippen LogP contribution in [0.25, 0.3) is 11.0 Å². The van der Waals surface area contributed by atoms with Gasteiger partial charge < -0.3 is 14.6 Å². The van der Waals surface area contributed by atoms with Crippen molar-refractivity contribution >= 4 is 22.8 Å². The smallest absolute Gasteiger partial charge is 0.312 e. The molecule has 1 saturated carbocycles. The first-order chi connectivity index (χ1) is 12.5. The van der Waals surface area contributed by atoms with Gasteiger partial charge in [0.05, 0.1) is 6.42 Å². The summed E-state index contributed by atoms with van der Waals surface area (Å²) in [6, 6.07) is 7.48. The number of benzene rings is 1. The second-order valence-electron chi connectivity index (χ2n) is 7.32. The third-order valence-electron chi connectivity index (χ3n) is 5.48. The fourth-order valence-electron chi connectivity index (χ4n) is 3.58. The van der Waals surface area contributed by atoms with Gasteiger partial charge in [-0.2, -0.15) is 0 Å². The average Bonchev–Trinajstić information content (AvgIpc) is 3.02. The normalized spacial score (nSPS) is 24.2. The summed E-state index contributed by atoms with van der Waals surface area (Å²) in [5, 5.41) is 7.75. The van der Waals surface area contributed by atoms with E-state index in [0.29, 0.717) is 23.1 Å². The van der Waals surface area contributed by atoms with E-state index >= 15 is 0 Å². The number of aromatic nitrogens is 1. The number of amides is 1. The van der Waals surface area contributed by atoms with Gasteiger partial charge in [-0.25, -0.2) is 0 Å². The van der Waals surface area contributed by atoms with Gasteiger partial charge in [-0.3, -0.25) is 9.59 Å². The zero-order valence-corrected chi connectivity index (χ0v) is 15.5. The fourth-order valence-corrected chi connectivity index (χ4v) is 3.58. The standard InChI is InChI=1S/C20H26N2O4/c1-12-7-6-9-16(13(12)2)21-20(24)14(3)25-19(23)11-17-15-8-4-5-10-18(15)26-22-17/h4-5,8,10,12-14,16H,6-7,9,11H2,1-3H3,(H,21,24)/t12-,13-,14-,16+/m1/s1. The van der Waals surface area contributed by atoms with Crippen molar-refractivity contribution < 1.29 is 18.8 Å². The number of rotatable bonds is 5. The van der Waals surface area contributed by atoms with Crippen LogP contribution >= 0.6 is 0 Å². The maximum absolute atomic E-state index is 12.4. The van der Waals surface area contributed by atoms with Crippen molar-refractivity contribution in [1.29, 1.82) is 0 Å². The first-order valence-electron chi connectivity index (χ1n) is 9.29. The SMILES string of the molecule is C[C@@H]1[C@H](C)CCC[C@@H]1NC(=O)[C@@H](C)OC(=O)Cc1noc2ccccc12. The van der Waals surface area contributed by atoms with E-state index in [2.05, 4.69) is 24.3 Å². The van der Waals surface area contributed by atoms with Crippen LogP contribution in [0.15, 0.2) is 28.8 Å². The second kappa shape index (κ2) is 7.89. The molecule has 1 N–H and O–H groups in total. The van der Waals surface area contributed by atoms with Gasteiger partial charge in [0.1, 0.15) is 5.69 Å². The van der Waals surface area contributed by atoms with Gasteiger partial charge in [-0.1, -0.05) is 44.0 Å². The molecule has 0 bridgehead atoms. The van der Waals surface area contributed by atoms with Crippen molar-refractivity contribution in [3.8, 4) is 0 Å². The van der Waals surface area contributed by atoms with E-state index < -0.39 is 12.1 Å². The third-order valence-corrected chi connectivity index (χ3v) is 5.48. The van der Waals surface area contributed by atoms with Crippen molar-refractivity contribution in [2.45, 2.75) is 58.6 Å². The highest BCUT2D eigenvalue weighted by molar-refractivity contribution is 5.86. The summed E-state index contributed by atoms with van der Waals surface area (Å²) in [5.41, 5.74) is 1.15. The van der Waals surface area contributed by atoms with Crippen LogP contribution in [0.2, 0.25) is 0 Å². The Morgan fingerprint density at radius 2 is 2.08 bits per heavy atom. The summed E-state index contributed by atoms with van der Waals surface area (Å²) in [5.74, 6) is 0.288. The molecule has 1 aromatic carbocycles. The van der Waals surface area contributed by atoms with E-state index in [4.69, 9.17) is 9.26 Å². The Hall–Kier alpha value is -2.37. The molecule has 2 aromatic rings. The van der Waals surface area contributed by atoms with Gasteiger partial charge in [0.2, 0.25) is 0 Å². The van der Waals surface area contributed by atoms with Crippen LogP contribution in [-0.4, -0.2) is 29.2 Å². The molecule has 3 rings (SSSR count). The zero-order chi connectivity index (χ0) is 18.7. The molecule has 1 aliphatic rings. The van der Waals surface area contributed by atoms with Gasteiger partial charge in [0.25, 0.3) is 5.91 Å². The Labute approximate surface area is 153 Å². The van der Waals surface area contributed by atoms with E-state index in [1.807, 2.05) is 18.2 Å². The molecule has 6 nitrogen and oxygen atoms in total. The molecular formula is C20H26N2O4. The monoisotopic (exact) mass is 358 g/mol. The van der Waals surface area contributed by atoms with Crippen LogP contribution in [0.4, 0.5) is 0 Å². The summed E-state index contributed by atoms with van der Waals surface area (Å²) < 4.78 is 10.5. The maximum Gasteiger partial charge on any atom is 0.312 e. The van der Waals surface area contributed by atoms with Crippen LogP contribution in [0, 0.1) is 11.8 Å². The molecular weight excluding hydrogens is 332 g/mol. The highest BCUT2D eigenvalue weighted by Gasteiger charge is 2.30. The van der Waals surface area contributed by atoms with Gasteiger partial charge in [0, 0.05) is 11.4 Å². The van der Waals surface area contributed by atoms with Crippen LogP contribution in [0.1, 0.15) is 45.7 Å². The second-order valence-corrected chi connectivity index (χ2v) is 7.32. The van der Waals surface area contributed by atoms with Crippen LogP contribution in [-0.2, 0) is 20.7 Å². The minimum Gasteiger partial charge on any atom is -0.452 e. The molecule has 140 valence electrons. The minimum absolute atomic E-state index is 0.0223.